The Morgan fingerprint density at radius 2 is 1.56 bits per heavy atom. The van der Waals surface area contributed by atoms with Crippen molar-refractivity contribution in [1.82, 2.24) is 4.98 Å². The minimum atomic E-state index is -4.64. The molecule has 12 heteroatoms. The Bertz CT molecular complexity index is 1170. The Morgan fingerprint density at radius 1 is 0.969 bits per heavy atom. The van der Waals surface area contributed by atoms with Crippen molar-refractivity contribution < 1.29 is 27.5 Å². The molecule has 0 aliphatic heterocycles. The van der Waals surface area contributed by atoms with E-state index in [2.05, 4.69) is 4.98 Å². The number of benzene rings is 2. The fraction of sp³-hybridized carbons (Fsp3) is 0.0500. The summed E-state index contributed by atoms with van der Waals surface area (Å²) in [5.74, 6) is -1.32. The highest BCUT2D eigenvalue weighted by molar-refractivity contribution is 6.38. The lowest BCUT2D eigenvalue weighted by Gasteiger charge is -2.20. The number of hydrogen-bond acceptors (Lipinski definition) is 4. The van der Waals surface area contributed by atoms with Gasteiger partial charge in [0.25, 0.3) is 5.91 Å². The highest BCUT2D eigenvalue weighted by Gasteiger charge is 2.32. The van der Waals surface area contributed by atoms with E-state index in [0.717, 1.165) is 0 Å². The van der Waals surface area contributed by atoms with Crippen molar-refractivity contribution in [3.8, 4) is 11.6 Å². The van der Waals surface area contributed by atoms with Crippen LogP contribution >= 0.6 is 34.8 Å². The summed E-state index contributed by atoms with van der Waals surface area (Å²) >= 11 is 18.2. The van der Waals surface area contributed by atoms with Crippen LogP contribution < -0.4 is 15.4 Å². The molecule has 0 aliphatic carbocycles. The summed E-state index contributed by atoms with van der Waals surface area (Å²) in [6, 6.07) is 9.74. The maximum atomic E-state index is 12.8. The van der Waals surface area contributed by atoms with Crippen molar-refractivity contribution in [1.29, 1.82) is 0 Å². The fourth-order valence-electron chi connectivity index (χ4n) is 2.58. The average molecular weight is 505 g/mol. The number of urea groups is 1. The van der Waals surface area contributed by atoms with Crippen molar-refractivity contribution in [2.75, 3.05) is 4.90 Å². The zero-order valence-corrected chi connectivity index (χ0v) is 17.9. The molecular weight excluding hydrogens is 494 g/mol. The lowest BCUT2D eigenvalue weighted by molar-refractivity contribution is -0.137. The number of amides is 3. The molecule has 32 heavy (non-hydrogen) atoms. The summed E-state index contributed by atoms with van der Waals surface area (Å²) in [5, 5.41) is -0.802. The molecule has 3 amide bonds. The Kier molecular flexibility index (Phi) is 6.82. The second-order valence-electron chi connectivity index (χ2n) is 6.19. The molecule has 0 unspecified atom stereocenters. The lowest BCUT2D eigenvalue weighted by atomic mass is 10.2. The molecule has 3 rings (SSSR count). The molecule has 1 aromatic heterocycles. The average Bonchev–Trinajstić information content (AvgIpc) is 2.71. The number of pyridine rings is 1. The first-order chi connectivity index (χ1) is 15.0. The molecule has 6 nitrogen and oxygen atoms in total. The van der Waals surface area contributed by atoms with Crippen LogP contribution in [0.4, 0.5) is 23.7 Å². The maximum absolute atomic E-state index is 12.8. The molecule has 0 saturated heterocycles. The summed E-state index contributed by atoms with van der Waals surface area (Å²) in [6.45, 7) is 0. The number of hydrogen-bond donors (Lipinski definition) is 1. The molecule has 0 aliphatic rings. The number of primary amides is 1. The lowest BCUT2D eigenvalue weighted by Crippen LogP contribution is -2.40. The second kappa shape index (κ2) is 9.23. The Balaban J connectivity index is 1.96. The largest absolute Gasteiger partial charge is 0.434 e. The number of carbonyl (C=O) groups is 2. The highest BCUT2D eigenvalue weighted by atomic mass is 35.5. The standard InChI is InChI=1S/C20H11Cl3F3N3O3/c21-13-7-12(29(19(27)31)18(30)10-4-2-1-3-5-10)8-14(22)16(13)32-17-15(23)6-11(9-28-17)20(24,25)26/h1-9H,(H2,27,31). The first kappa shape index (κ1) is 23.6. The predicted molar refractivity (Wildman–Crippen MR) is 114 cm³/mol. The van der Waals surface area contributed by atoms with Crippen molar-refractivity contribution in [2.24, 2.45) is 5.73 Å². The van der Waals surface area contributed by atoms with Crippen LogP contribution in [-0.4, -0.2) is 16.9 Å². The van der Waals surface area contributed by atoms with E-state index in [4.69, 9.17) is 45.3 Å². The molecule has 2 N–H and O–H groups in total. The van der Waals surface area contributed by atoms with Gasteiger partial charge in [0.2, 0.25) is 5.88 Å². The van der Waals surface area contributed by atoms with Gasteiger partial charge in [0.15, 0.2) is 5.75 Å². The van der Waals surface area contributed by atoms with Gasteiger partial charge in [0.05, 0.1) is 21.3 Å². The minimum absolute atomic E-state index is 0.0554. The van der Waals surface area contributed by atoms with E-state index < -0.39 is 28.7 Å². The molecule has 2 aromatic carbocycles. The Morgan fingerprint density at radius 3 is 2.06 bits per heavy atom. The van der Waals surface area contributed by atoms with Gasteiger partial charge < -0.3 is 10.5 Å². The number of ether oxygens (including phenoxy) is 1. The number of alkyl halides is 3. The van der Waals surface area contributed by atoms with E-state index >= 15 is 0 Å². The summed E-state index contributed by atoms with van der Waals surface area (Å²) in [7, 11) is 0. The third-order valence-electron chi connectivity index (χ3n) is 4.02. The number of aromatic nitrogens is 1. The van der Waals surface area contributed by atoms with E-state index in [-0.39, 0.29) is 32.9 Å². The molecule has 3 aromatic rings. The highest BCUT2D eigenvalue weighted by Crippen LogP contribution is 2.42. The van der Waals surface area contributed by atoms with Crippen LogP contribution in [0.25, 0.3) is 0 Å². The number of nitrogens with zero attached hydrogens (tertiary/aromatic N) is 2. The monoisotopic (exact) mass is 503 g/mol. The van der Waals surface area contributed by atoms with E-state index in [9.17, 15) is 22.8 Å². The van der Waals surface area contributed by atoms with Crippen LogP contribution in [0.5, 0.6) is 11.6 Å². The van der Waals surface area contributed by atoms with E-state index in [1.165, 1.54) is 24.3 Å². The van der Waals surface area contributed by atoms with E-state index in [1.54, 1.807) is 18.2 Å². The number of anilines is 1. The van der Waals surface area contributed by atoms with Crippen LogP contribution in [0, 0.1) is 0 Å². The van der Waals surface area contributed by atoms with Gasteiger partial charge >= 0.3 is 12.2 Å². The van der Waals surface area contributed by atoms with Crippen molar-refractivity contribution in [3.05, 3.63) is 80.9 Å². The minimum Gasteiger partial charge on any atom is -0.434 e. The molecule has 0 spiro atoms. The van der Waals surface area contributed by atoms with Crippen LogP contribution in [0.1, 0.15) is 15.9 Å². The fourth-order valence-corrected chi connectivity index (χ4v) is 3.34. The topological polar surface area (TPSA) is 85.5 Å². The van der Waals surface area contributed by atoms with Gasteiger partial charge in [0, 0.05) is 11.8 Å². The van der Waals surface area contributed by atoms with Gasteiger partial charge in [-0.25, -0.2) is 14.7 Å². The van der Waals surface area contributed by atoms with Crippen molar-refractivity contribution in [3.63, 3.8) is 0 Å². The van der Waals surface area contributed by atoms with Gasteiger partial charge in [-0.3, -0.25) is 4.79 Å². The Hall–Kier alpha value is -3.01. The molecule has 0 saturated carbocycles. The quantitative estimate of drug-likeness (QED) is 0.435. The van der Waals surface area contributed by atoms with Crippen LogP contribution in [0.2, 0.25) is 15.1 Å². The zero-order chi connectivity index (χ0) is 23.6. The number of carbonyl (C=O) groups excluding carboxylic acids is 2. The molecule has 0 radical (unpaired) electrons. The summed E-state index contributed by atoms with van der Waals surface area (Å²) in [5.41, 5.74) is 4.42. The summed E-state index contributed by atoms with van der Waals surface area (Å²) < 4.78 is 43.7. The molecule has 0 atom stereocenters. The van der Waals surface area contributed by atoms with Crippen molar-refractivity contribution in [2.45, 2.75) is 6.18 Å². The van der Waals surface area contributed by atoms with Crippen LogP contribution in [0.15, 0.2) is 54.7 Å². The maximum Gasteiger partial charge on any atom is 0.417 e. The number of imide groups is 1. The molecule has 1 heterocycles. The smallest absolute Gasteiger partial charge is 0.417 e. The van der Waals surface area contributed by atoms with Gasteiger partial charge in [-0.05, 0) is 30.3 Å². The van der Waals surface area contributed by atoms with E-state index in [0.29, 0.717) is 17.2 Å². The van der Waals surface area contributed by atoms with Crippen LogP contribution in [-0.2, 0) is 6.18 Å². The summed E-state index contributed by atoms with van der Waals surface area (Å²) in [4.78, 5) is 28.9. The number of nitrogens with two attached hydrogens (primary N) is 1. The molecule has 0 bridgehead atoms. The third kappa shape index (κ3) is 5.07. The third-order valence-corrected chi connectivity index (χ3v) is 4.85. The van der Waals surface area contributed by atoms with Crippen molar-refractivity contribution >= 4 is 52.4 Å². The zero-order valence-electron chi connectivity index (χ0n) is 15.7. The van der Waals surface area contributed by atoms with Gasteiger partial charge in [0.1, 0.15) is 5.02 Å². The van der Waals surface area contributed by atoms with Gasteiger partial charge in [-0.2, -0.15) is 13.2 Å². The Labute approximate surface area is 194 Å². The molecule has 0 fully saturated rings. The summed E-state index contributed by atoms with van der Waals surface area (Å²) in [6.07, 6.45) is -4.11. The van der Waals surface area contributed by atoms with Gasteiger partial charge in [-0.1, -0.05) is 53.0 Å². The first-order valence-corrected chi connectivity index (χ1v) is 9.71. The number of rotatable bonds is 4. The van der Waals surface area contributed by atoms with E-state index in [1.807, 2.05) is 0 Å². The number of halogens is 6. The second-order valence-corrected chi connectivity index (χ2v) is 7.42. The molecular formula is C20H11Cl3F3N3O3. The predicted octanol–water partition coefficient (Wildman–Crippen LogP) is 6.58. The normalized spacial score (nSPS) is 11.2. The first-order valence-electron chi connectivity index (χ1n) is 8.57. The van der Waals surface area contributed by atoms with Gasteiger partial charge in [-0.15, -0.1) is 0 Å². The molecule has 166 valence electrons. The SMILES string of the molecule is NC(=O)N(C(=O)c1ccccc1)c1cc(Cl)c(Oc2ncc(C(F)(F)F)cc2Cl)c(Cl)c1. The van der Waals surface area contributed by atoms with Crippen LogP contribution in [0.3, 0.4) is 0 Å².